The lowest BCUT2D eigenvalue weighted by molar-refractivity contribution is -0.147. The molecular weight excluding hydrogens is 264 g/mol. The highest BCUT2D eigenvalue weighted by atomic mass is 19.2. The van der Waals surface area contributed by atoms with E-state index in [9.17, 15) is 22.4 Å². The standard InChI is InChI=1S/C13H12F4O2/c1-5-6(2)10(5)13(18)19-4-7-11(16)8(14)3-9(15)12(7)17/h3,5-6,10H,4H2,1-2H3. The van der Waals surface area contributed by atoms with Gasteiger partial charge in [0.25, 0.3) is 0 Å². The fourth-order valence-electron chi connectivity index (χ4n) is 2.08. The molecule has 0 radical (unpaired) electrons. The van der Waals surface area contributed by atoms with Crippen molar-refractivity contribution in [2.24, 2.45) is 17.8 Å². The summed E-state index contributed by atoms with van der Waals surface area (Å²) in [4.78, 5) is 11.5. The maximum atomic E-state index is 13.3. The number of carbonyl (C=O) groups excluding carboxylic acids is 1. The van der Waals surface area contributed by atoms with Crippen LogP contribution in [0.15, 0.2) is 6.07 Å². The van der Waals surface area contributed by atoms with Crippen LogP contribution in [-0.4, -0.2) is 5.97 Å². The Morgan fingerprint density at radius 1 is 1.11 bits per heavy atom. The molecule has 104 valence electrons. The lowest BCUT2D eigenvalue weighted by atomic mass is 10.2. The molecule has 0 saturated heterocycles. The molecule has 0 heterocycles. The highest BCUT2D eigenvalue weighted by Gasteiger charge is 2.49. The average Bonchev–Trinajstić information content (AvgIpc) is 2.94. The molecule has 0 amide bonds. The van der Waals surface area contributed by atoms with Crippen molar-refractivity contribution >= 4 is 5.97 Å². The number of ether oxygens (including phenoxy) is 1. The van der Waals surface area contributed by atoms with E-state index >= 15 is 0 Å². The van der Waals surface area contributed by atoms with Crippen LogP contribution in [0.2, 0.25) is 0 Å². The minimum absolute atomic E-state index is 0.112. The van der Waals surface area contributed by atoms with Crippen LogP contribution >= 0.6 is 0 Å². The van der Waals surface area contributed by atoms with Gasteiger partial charge in [-0.1, -0.05) is 13.8 Å². The van der Waals surface area contributed by atoms with E-state index in [4.69, 9.17) is 4.74 Å². The second-order valence-corrected chi connectivity index (χ2v) is 4.80. The summed E-state index contributed by atoms with van der Waals surface area (Å²) in [7, 11) is 0. The molecule has 1 aliphatic rings. The van der Waals surface area contributed by atoms with E-state index in [1.165, 1.54) is 0 Å². The first-order chi connectivity index (χ1) is 8.84. The van der Waals surface area contributed by atoms with Gasteiger partial charge in [0.05, 0.1) is 11.5 Å². The number of rotatable bonds is 3. The lowest BCUT2D eigenvalue weighted by Gasteiger charge is -2.08. The second kappa shape index (κ2) is 4.83. The normalized spacial score (nSPS) is 25.3. The first kappa shape index (κ1) is 13.8. The van der Waals surface area contributed by atoms with Gasteiger partial charge in [-0.25, -0.2) is 17.6 Å². The van der Waals surface area contributed by atoms with Crippen molar-refractivity contribution in [3.63, 3.8) is 0 Å². The van der Waals surface area contributed by atoms with Crippen molar-refractivity contribution in [1.29, 1.82) is 0 Å². The number of halogens is 4. The van der Waals surface area contributed by atoms with Gasteiger partial charge in [-0.2, -0.15) is 0 Å². The maximum Gasteiger partial charge on any atom is 0.309 e. The number of benzene rings is 1. The maximum absolute atomic E-state index is 13.3. The smallest absolute Gasteiger partial charge is 0.309 e. The van der Waals surface area contributed by atoms with Gasteiger partial charge in [0.15, 0.2) is 23.3 Å². The van der Waals surface area contributed by atoms with Crippen LogP contribution in [0.4, 0.5) is 17.6 Å². The van der Waals surface area contributed by atoms with Crippen LogP contribution < -0.4 is 0 Å². The molecule has 2 atom stereocenters. The van der Waals surface area contributed by atoms with E-state index in [-0.39, 0.29) is 23.8 Å². The van der Waals surface area contributed by atoms with Crippen LogP contribution in [0.1, 0.15) is 19.4 Å². The third-order valence-electron chi connectivity index (χ3n) is 3.66. The van der Waals surface area contributed by atoms with Gasteiger partial charge < -0.3 is 4.74 Å². The highest BCUT2D eigenvalue weighted by Crippen LogP contribution is 2.46. The predicted octanol–water partition coefficient (Wildman–Crippen LogP) is 3.19. The van der Waals surface area contributed by atoms with Gasteiger partial charge in [0.1, 0.15) is 6.61 Å². The number of hydrogen-bond acceptors (Lipinski definition) is 2. The molecule has 2 nitrogen and oxygen atoms in total. The molecule has 0 aromatic heterocycles. The summed E-state index contributed by atoms with van der Waals surface area (Å²) in [5.41, 5.74) is -0.910. The van der Waals surface area contributed by atoms with Gasteiger partial charge in [0, 0.05) is 6.07 Å². The average molecular weight is 276 g/mol. The van der Waals surface area contributed by atoms with Crippen LogP contribution in [0.5, 0.6) is 0 Å². The number of carbonyl (C=O) groups is 1. The zero-order chi connectivity index (χ0) is 14.3. The molecule has 1 saturated carbocycles. The third kappa shape index (κ3) is 2.43. The summed E-state index contributed by atoms with van der Waals surface area (Å²) in [5, 5.41) is 0. The molecule has 1 fully saturated rings. The van der Waals surface area contributed by atoms with Gasteiger partial charge in [-0.15, -0.1) is 0 Å². The molecule has 2 rings (SSSR count). The molecule has 0 spiro atoms. The molecule has 1 aromatic rings. The largest absolute Gasteiger partial charge is 0.460 e. The lowest BCUT2D eigenvalue weighted by Crippen LogP contribution is -2.12. The van der Waals surface area contributed by atoms with E-state index < -0.39 is 41.4 Å². The summed E-state index contributed by atoms with van der Waals surface area (Å²) in [6.45, 7) is 2.88. The summed E-state index contributed by atoms with van der Waals surface area (Å²) in [5.74, 6) is -6.74. The summed E-state index contributed by atoms with van der Waals surface area (Å²) >= 11 is 0. The summed E-state index contributed by atoms with van der Waals surface area (Å²) in [6.07, 6.45) is 0. The van der Waals surface area contributed by atoms with Crippen molar-refractivity contribution < 1.29 is 27.1 Å². The summed E-state index contributed by atoms with van der Waals surface area (Å²) < 4.78 is 57.1. The molecular formula is C13H12F4O2. The van der Waals surface area contributed by atoms with Crippen LogP contribution in [0.25, 0.3) is 0 Å². The van der Waals surface area contributed by atoms with Crippen molar-refractivity contribution in [2.45, 2.75) is 20.5 Å². The van der Waals surface area contributed by atoms with E-state index in [1.807, 2.05) is 13.8 Å². The Kier molecular flexibility index (Phi) is 3.52. The Labute approximate surface area is 107 Å². The Bertz CT molecular complexity index is 496. The van der Waals surface area contributed by atoms with Gasteiger partial charge in [-0.05, 0) is 11.8 Å². The molecule has 0 aliphatic heterocycles. The zero-order valence-corrected chi connectivity index (χ0v) is 10.3. The Hall–Kier alpha value is -1.59. The second-order valence-electron chi connectivity index (χ2n) is 4.80. The predicted molar refractivity (Wildman–Crippen MR) is 57.9 cm³/mol. The molecule has 0 N–H and O–H groups in total. The van der Waals surface area contributed by atoms with Crippen molar-refractivity contribution in [2.75, 3.05) is 0 Å². The fraction of sp³-hybridized carbons (Fsp3) is 0.462. The van der Waals surface area contributed by atoms with E-state index in [0.717, 1.165) is 0 Å². The number of hydrogen-bond donors (Lipinski definition) is 0. The van der Waals surface area contributed by atoms with Gasteiger partial charge in [-0.3, -0.25) is 4.79 Å². The SMILES string of the molecule is CC1C(C)C1C(=O)OCc1c(F)c(F)cc(F)c1F. The summed E-state index contributed by atoms with van der Waals surface area (Å²) in [6, 6.07) is 0.112. The molecule has 1 aromatic carbocycles. The van der Waals surface area contributed by atoms with Gasteiger partial charge in [0.2, 0.25) is 0 Å². The Balaban J connectivity index is 2.10. The first-order valence-corrected chi connectivity index (χ1v) is 5.83. The van der Waals surface area contributed by atoms with Crippen molar-refractivity contribution in [3.05, 3.63) is 34.9 Å². The molecule has 19 heavy (non-hydrogen) atoms. The van der Waals surface area contributed by atoms with E-state index in [1.54, 1.807) is 0 Å². The van der Waals surface area contributed by atoms with Crippen LogP contribution in [0.3, 0.4) is 0 Å². The molecule has 6 heteroatoms. The third-order valence-corrected chi connectivity index (χ3v) is 3.66. The van der Waals surface area contributed by atoms with Crippen LogP contribution in [0, 0.1) is 41.0 Å². The zero-order valence-electron chi connectivity index (χ0n) is 10.3. The molecule has 1 aliphatic carbocycles. The topological polar surface area (TPSA) is 26.3 Å². The molecule has 2 unspecified atom stereocenters. The first-order valence-electron chi connectivity index (χ1n) is 5.83. The van der Waals surface area contributed by atoms with E-state index in [2.05, 4.69) is 0 Å². The Morgan fingerprint density at radius 2 is 1.58 bits per heavy atom. The Morgan fingerprint density at radius 3 is 2.00 bits per heavy atom. The highest BCUT2D eigenvalue weighted by molar-refractivity contribution is 5.76. The quantitative estimate of drug-likeness (QED) is 0.481. The van der Waals surface area contributed by atoms with Gasteiger partial charge >= 0.3 is 5.97 Å². The van der Waals surface area contributed by atoms with Crippen LogP contribution in [-0.2, 0) is 16.1 Å². The van der Waals surface area contributed by atoms with Crippen molar-refractivity contribution in [1.82, 2.24) is 0 Å². The monoisotopic (exact) mass is 276 g/mol. The van der Waals surface area contributed by atoms with E-state index in [0.29, 0.717) is 0 Å². The minimum Gasteiger partial charge on any atom is -0.460 e. The fourth-order valence-corrected chi connectivity index (χ4v) is 2.08. The number of esters is 1. The molecule has 0 bridgehead atoms. The minimum atomic E-state index is -1.54. The van der Waals surface area contributed by atoms with Crippen molar-refractivity contribution in [3.8, 4) is 0 Å².